The zero-order chi connectivity index (χ0) is 42.5. The lowest BCUT2D eigenvalue weighted by molar-refractivity contribution is -0.301. The molecule has 12 nitrogen and oxygen atoms in total. The first-order chi connectivity index (χ1) is 28.1. The van der Waals surface area contributed by atoms with Gasteiger partial charge in [0.05, 0.1) is 19.8 Å². The molecular weight excluding hydrogens is 765 g/mol. The van der Waals surface area contributed by atoms with E-state index < -0.39 is 59.8 Å². The van der Waals surface area contributed by atoms with Gasteiger partial charge >= 0.3 is 16.4 Å². The summed E-state index contributed by atoms with van der Waals surface area (Å²) in [5, 5.41) is 30.6. The molecule has 58 heavy (non-hydrogen) atoms. The monoisotopic (exact) mass is 845 g/mol. The number of hydrogen-bond acceptors (Lipinski definition) is 11. The van der Waals surface area contributed by atoms with Crippen molar-refractivity contribution >= 4 is 16.4 Å². The lowest BCUT2D eigenvalue weighted by Gasteiger charge is -2.41. The molecule has 1 aliphatic rings. The van der Waals surface area contributed by atoms with Gasteiger partial charge in [0.25, 0.3) is 0 Å². The van der Waals surface area contributed by atoms with Crippen LogP contribution in [0.4, 0.5) is 0 Å². The molecule has 0 bridgehead atoms. The molecule has 1 saturated heterocycles. The van der Waals surface area contributed by atoms with Crippen molar-refractivity contribution in [3.63, 3.8) is 0 Å². The molecule has 6 atom stereocenters. The molecule has 1 aliphatic heterocycles. The Kier molecular flexibility index (Phi) is 34.4. The number of aliphatic hydroxyl groups is 3. The van der Waals surface area contributed by atoms with Gasteiger partial charge < -0.3 is 34.3 Å². The molecule has 1 heterocycles. The number of allylic oxidation sites excluding steroid dienone is 8. The number of unbranched alkanes of at least 4 members (excludes halogenated alkanes) is 17. The number of aliphatic hydroxyl groups excluding tert-OH is 3. The van der Waals surface area contributed by atoms with Crippen LogP contribution in [0.1, 0.15) is 168 Å². The van der Waals surface area contributed by atoms with Gasteiger partial charge in [0.2, 0.25) is 0 Å². The van der Waals surface area contributed by atoms with Crippen LogP contribution in [-0.2, 0) is 38.3 Å². The molecule has 0 aromatic heterocycles. The molecule has 0 spiro atoms. The van der Waals surface area contributed by atoms with E-state index >= 15 is 0 Å². The maximum Gasteiger partial charge on any atom is 0.397 e. The summed E-state index contributed by atoms with van der Waals surface area (Å²) in [4.78, 5) is 12.8. The minimum Gasteiger partial charge on any atom is -0.457 e. The first-order valence-corrected chi connectivity index (χ1v) is 23.8. The Morgan fingerprint density at radius 2 is 1.19 bits per heavy atom. The Morgan fingerprint density at radius 3 is 1.74 bits per heavy atom. The van der Waals surface area contributed by atoms with Gasteiger partial charge in [-0.3, -0.25) is 9.35 Å². The van der Waals surface area contributed by atoms with Gasteiger partial charge in [-0.05, 0) is 51.4 Å². The molecule has 0 amide bonds. The van der Waals surface area contributed by atoms with Crippen LogP contribution >= 0.6 is 0 Å². The molecule has 0 aromatic carbocycles. The third-order valence-corrected chi connectivity index (χ3v) is 10.4. The van der Waals surface area contributed by atoms with E-state index in [9.17, 15) is 28.5 Å². The van der Waals surface area contributed by atoms with E-state index in [1.807, 2.05) is 0 Å². The Bertz CT molecular complexity index is 1200. The third-order valence-electron chi connectivity index (χ3n) is 9.97. The van der Waals surface area contributed by atoms with Gasteiger partial charge in [0, 0.05) is 13.0 Å². The molecule has 338 valence electrons. The SMILES string of the molecule is CC/C=C\C/C=C\C/C=C\C/C=C\CCCCCCCCCCCCC(=O)OC(COCCCCCCCCCC)COC1OC(CO)C(O)C(OS(=O)(=O)O)C1O. The van der Waals surface area contributed by atoms with Crippen LogP contribution in [0.5, 0.6) is 0 Å². The fraction of sp³-hybridized carbons (Fsp3) is 0.800. The Morgan fingerprint density at radius 1 is 0.672 bits per heavy atom. The van der Waals surface area contributed by atoms with Crippen LogP contribution in [-0.4, -0.2) is 97.5 Å². The van der Waals surface area contributed by atoms with Crippen molar-refractivity contribution in [3.05, 3.63) is 48.6 Å². The number of rotatable bonds is 38. The summed E-state index contributed by atoms with van der Waals surface area (Å²) in [6.07, 6.45) is 34.5. The first kappa shape index (κ1) is 54.1. The van der Waals surface area contributed by atoms with E-state index in [-0.39, 0.29) is 19.6 Å². The van der Waals surface area contributed by atoms with E-state index in [2.05, 4.69) is 66.6 Å². The lowest BCUT2D eigenvalue weighted by Crippen LogP contribution is -2.60. The third kappa shape index (κ3) is 30.1. The predicted molar refractivity (Wildman–Crippen MR) is 230 cm³/mol. The molecule has 0 saturated carbocycles. The van der Waals surface area contributed by atoms with Gasteiger partial charge in [-0.15, -0.1) is 0 Å². The molecule has 1 fully saturated rings. The topological polar surface area (TPSA) is 178 Å². The normalized spacial score (nSPS) is 21.0. The Hall–Kier alpha value is -1.94. The minimum absolute atomic E-state index is 0.0342. The van der Waals surface area contributed by atoms with Gasteiger partial charge in [-0.2, -0.15) is 8.42 Å². The van der Waals surface area contributed by atoms with E-state index in [1.165, 1.54) is 70.6 Å². The Balaban J connectivity index is 2.33. The standard InChI is InChI=1S/C45H80O12S/c1-3-5-7-9-11-13-14-15-16-17-18-19-20-21-22-23-24-25-26-27-28-30-32-34-41(47)55-39(37-53-35-33-31-29-12-10-8-6-4-2)38-54-45-43(49)44(57-58(50,51)52)42(48)40(36-46)56-45/h5,7,11,13,15-16,18-19,39-40,42-46,48-49H,3-4,6,8-10,12,14,17,20-38H2,1-2H3,(H,50,51,52)/b7-5-,13-11-,16-15-,19-18-. The molecule has 0 radical (unpaired) electrons. The smallest absolute Gasteiger partial charge is 0.397 e. The van der Waals surface area contributed by atoms with E-state index in [4.69, 9.17) is 23.5 Å². The quantitative estimate of drug-likeness (QED) is 0.0201. The van der Waals surface area contributed by atoms with Gasteiger partial charge in [0.1, 0.15) is 30.5 Å². The average molecular weight is 845 g/mol. The highest BCUT2D eigenvalue weighted by Crippen LogP contribution is 2.26. The van der Waals surface area contributed by atoms with E-state index in [0.717, 1.165) is 70.6 Å². The number of carbonyl (C=O) groups is 1. The molecule has 4 N–H and O–H groups in total. The van der Waals surface area contributed by atoms with E-state index in [1.54, 1.807) is 0 Å². The summed E-state index contributed by atoms with van der Waals surface area (Å²) in [5.74, 6) is -0.407. The highest BCUT2D eigenvalue weighted by atomic mass is 32.3. The summed E-state index contributed by atoms with van der Waals surface area (Å²) >= 11 is 0. The minimum atomic E-state index is -5.06. The number of ether oxygens (including phenoxy) is 4. The Labute approximate surface area is 351 Å². The predicted octanol–water partition coefficient (Wildman–Crippen LogP) is 9.19. The zero-order valence-electron chi connectivity index (χ0n) is 35.8. The fourth-order valence-corrected chi connectivity index (χ4v) is 7.11. The lowest BCUT2D eigenvalue weighted by atomic mass is 9.99. The van der Waals surface area contributed by atoms with Crippen LogP contribution < -0.4 is 0 Å². The molecule has 1 rings (SSSR count). The second kappa shape index (κ2) is 36.9. The maximum absolute atomic E-state index is 12.8. The van der Waals surface area contributed by atoms with Gasteiger partial charge in [-0.1, -0.05) is 159 Å². The van der Waals surface area contributed by atoms with Crippen molar-refractivity contribution in [1.29, 1.82) is 0 Å². The summed E-state index contributed by atoms with van der Waals surface area (Å²) in [6, 6.07) is 0. The van der Waals surface area contributed by atoms with Crippen molar-refractivity contribution in [2.45, 2.75) is 205 Å². The van der Waals surface area contributed by atoms with Crippen molar-refractivity contribution in [3.8, 4) is 0 Å². The highest BCUT2D eigenvalue weighted by molar-refractivity contribution is 7.80. The largest absolute Gasteiger partial charge is 0.457 e. The molecule has 0 aromatic rings. The summed E-state index contributed by atoms with van der Waals surface area (Å²) < 4.78 is 58.9. The number of esters is 1. The van der Waals surface area contributed by atoms with Crippen molar-refractivity contribution < 1.29 is 56.2 Å². The maximum atomic E-state index is 12.8. The van der Waals surface area contributed by atoms with Crippen molar-refractivity contribution in [2.24, 2.45) is 0 Å². The zero-order valence-corrected chi connectivity index (χ0v) is 36.7. The number of hydrogen-bond donors (Lipinski definition) is 4. The number of carbonyl (C=O) groups excluding carboxylic acids is 1. The van der Waals surface area contributed by atoms with Crippen LogP contribution in [0.3, 0.4) is 0 Å². The highest BCUT2D eigenvalue weighted by Gasteiger charge is 2.48. The van der Waals surface area contributed by atoms with Crippen LogP contribution in [0, 0.1) is 0 Å². The molecular formula is C45H80O12S. The summed E-state index contributed by atoms with van der Waals surface area (Å²) in [7, 11) is -5.06. The van der Waals surface area contributed by atoms with Crippen molar-refractivity contribution in [2.75, 3.05) is 26.4 Å². The summed E-state index contributed by atoms with van der Waals surface area (Å²) in [6.45, 7) is 3.83. The van der Waals surface area contributed by atoms with Gasteiger partial charge in [-0.25, -0.2) is 4.18 Å². The molecule has 6 unspecified atom stereocenters. The van der Waals surface area contributed by atoms with Crippen LogP contribution in [0.25, 0.3) is 0 Å². The summed E-state index contributed by atoms with van der Waals surface area (Å²) in [5.41, 5.74) is 0. The van der Waals surface area contributed by atoms with Crippen LogP contribution in [0.15, 0.2) is 48.6 Å². The second-order valence-electron chi connectivity index (χ2n) is 15.3. The van der Waals surface area contributed by atoms with E-state index in [0.29, 0.717) is 13.0 Å². The molecule has 0 aliphatic carbocycles. The molecule has 13 heteroatoms. The second-order valence-corrected chi connectivity index (χ2v) is 16.3. The first-order valence-electron chi connectivity index (χ1n) is 22.4. The fourth-order valence-electron chi connectivity index (χ4n) is 6.60. The van der Waals surface area contributed by atoms with Gasteiger partial charge in [0.15, 0.2) is 6.29 Å². The van der Waals surface area contributed by atoms with Crippen LogP contribution in [0.2, 0.25) is 0 Å². The average Bonchev–Trinajstić information content (AvgIpc) is 3.19. The van der Waals surface area contributed by atoms with Crippen molar-refractivity contribution in [1.82, 2.24) is 0 Å².